The minimum atomic E-state index is -4.08. The molecule has 0 saturated heterocycles. The minimum Gasteiger partial charge on any atom is -0.355 e. The monoisotopic (exact) mass is 541 g/mol. The van der Waals surface area contributed by atoms with Gasteiger partial charge in [0.05, 0.1) is 10.6 Å². The lowest BCUT2D eigenvalue weighted by Gasteiger charge is -2.32. The fraction of sp³-hybridized carbons (Fsp3) is 0.286. The van der Waals surface area contributed by atoms with Crippen LogP contribution in [0.1, 0.15) is 31.9 Å². The summed E-state index contributed by atoms with van der Waals surface area (Å²) in [5.41, 5.74) is 1.98. The van der Waals surface area contributed by atoms with E-state index in [-0.39, 0.29) is 17.3 Å². The first-order valence-electron chi connectivity index (χ1n) is 12.2. The van der Waals surface area contributed by atoms with E-state index in [1.165, 1.54) is 17.0 Å². The molecule has 1 N–H and O–H groups in total. The molecule has 0 aliphatic heterocycles. The van der Waals surface area contributed by atoms with Crippen LogP contribution in [0.4, 0.5) is 5.69 Å². The third kappa shape index (κ3) is 6.90. The van der Waals surface area contributed by atoms with Crippen molar-refractivity contribution in [1.29, 1.82) is 0 Å². The lowest BCUT2D eigenvalue weighted by Crippen LogP contribution is -2.51. The number of benzene rings is 3. The molecule has 37 heavy (non-hydrogen) atoms. The molecule has 2 amide bonds. The Hall–Kier alpha value is -3.36. The van der Waals surface area contributed by atoms with Gasteiger partial charge in [0.25, 0.3) is 10.0 Å². The Morgan fingerprint density at radius 1 is 0.919 bits per heavy atom. The maximum Gasteiger partial charge on any atom is 0.264 e. The van der Waals surface area contributed by atoms with Crippen LogP contribution in [0, 0.1) is 0 Å². The van der Waals surface area contributed by atoms with E-state index in [0.29, 0.717) is 23.7 Å². The van der Waals surface area contributed by atoms with Crippen molar-refractivity contribution in [3.63, 3.8) is 0 Å². The smallest absolute Gasteiger partial charge is 0.264 e. The topological polar surface area (TPSA) is 86.8 Å². The van der Waals surface area contributed by atoms with Gasteiger partial charge in [-0.25, -0.2) is 8.42 Å². The summed E-state index contributed by atoms with van der Waals surface area (Å²) in [6.45, 7) is 5.41. The second kappa shape index (κ2) is 12.7. The lowest BCUT2D eigenvalue weighted by molar-refractivity contribution is -0.139. The fourth-order valence-corrected chi connectivity index (χ4v) is 5.58. The highest BCUT2D eigenvalue weighted by Gasteiger charge is 2.33. The number of amides is 2. The van der Waals surface area contributed by atoms with Crippen molar-refractivity contribution in [3.05, 3.63) is 95.0 Å². The number of para-hydroxylation sites is 1. The van der Waals surface area contributed by atoms with Crippen LogP contribution in [0.3, 0.4) is 0 Å². The van der Waals surface area contributed by atoms with E-state index >= 15 is 0 Å². The first kappa shape index (κ1) is 28.2. The predicted molar refractivity (Wildman–Crippen MR) is 147 cm³/mol. The van der Waals surface area contributed by atoms with Gasteiger partial charge in [0.1, 0.15) is 12.6 Å². The Kier molecular flexibility index (Phi) is 9.72. The quantitative estimate of drug-likeness (QED) is 0.383. The molecule has 0 heterocycles. The van der Waals surface area contributed by atoms with Crippen LogP contribution in [0.2, 0.25) is 5.02 Å². The van der Waals surface area contributed by atoms with E-state index in [0.717, 1.165) is 15.4 Å². The van der Waals surface area contributed by atoms with Crippen molar-refractivity contribution in [1.82, 2.24) is 10.2 Å². The van der Waals surface area contributed by atoms with Gasteiger partial charge >= 0.3 is 0 Å². The molecule has 0 aromatic heterocycles. The SMILES string of the molecule is CCNC(=O)[C@@H](C)N(Cc1ccc(Cl)cc1)C(=O)CN(c1ccccc1CC)S(=O)(=O)c1ccccc1. The number of aryl methyl sites for hydroxylation is 1. The number of nitrogens with one attached hydrogen (secondary N) is 1. The van der Waals surface area contributed by atoms with Crippen molar-refractivity contribution < 1.29 is 18.0 Å². The van der Waals surface area contributed by atoms with Crippen LogP contribution in [0.25, 0.3) is 0 Å². The highest BCUT2D eigenvalue weighted by atomic mass is 35.5. The van der Waals surface area contributed by atoms with E-state index in [1.54, 1.807) is 68.4 Å². The largest absolute Gasteiger partial charge is 0.355 e. The summed E-state index contributed by atoms with van der Waals surface area (Å²) in [7, 11) is -4.08. The first-order valence-corrected chi connectivity index (χ1v) is 14.0. The number of carbonyl (C=O) groups excluding carboxylic acids is 2. The molecular weight excluding hydrogens is 510 g/mol. The van der Waals surface area contributed by atoms with Gasteiger partial charge in [0.2, 0.25) is 11.8 Å². The van der Waals surface area contributed by atoms with Gasteiger partial charge in [-0.3, -0.25) is 13.9 Å². The Labute approximate surface area is 224 Å². The average molecular weight is 542 g/mol. The van der Waals surface area contributed by atoms with Crippen molar-refractivity contribution in [3.8, 4) is 0 Å². The van der Waals surface area contributed by atoms with Crippen molar-refractivity contribution in [2.75, 3.05) is 17.4 Å². The van der Waals surface area contributed by atoms with Gasteiger partial charge in [-0.15, -0.1) is 0 Å². The molecule has 0 spiro atoms. The Balaban J connectivity index is 2.05. The number of sulfonamides is 1. The maximum absolute atomic E-state index is 13.8. The zero-order chi connectivity index (χ0) is 27.0. The Morgan fingerprint density at radius 3 is 2.16 bits per heavy atom. The number of nitrogens with zero attached hydrogens (tertiary/aromatic N) is 2. The third-order valence-electron chi connectivity index (χ3n) is 6.04. The van der Waals surface area contributed by atoms with Crippen LogP contribution in [-0.2, 0) is 32.6 Å². The molecule has 7 nitrogen and oxygen atoms in total. The number of hydrogen-bond donors (Lipinski definition) is 1. The van der Waals surface area contributed by atoms with E-state index < -0.39 is 28.5 Å². The summed E-state index contributed by atoms with van der Waals surface area (Å²) in [4.78, 5) is 28.1. The number of carbonyl (C=O) groups is 2. The standard InChI is InChI=1S/C28H32ClN3O4S/c1-4-23-11-9-10-14-26(23)32(37(35,36)25-12-7-6-8-13-25)20-27(33)31(21(3)28(34)30-5-2)19-22-15-17-24(29)18-16-22/h6-18,21H,4-5,19-20H2,1-3H3,(H,30,34)/t21-/m1/s1. The summed E-state index contributed by atoms with van der Waals surface area (Å²) in [5.74, 6) is -0.824. The average Bonchev–Trinajstić information content (AvgIpc) is 2.91. The van der Waals surface area contributed by atoms with Crippen LogP contribution in [0.15, 0.2) is 83.8 Å². The van der Waals surface area contributed by atoms with Crippen molar-refractivity contribution >= 4 is 39.1 Å². The Bertz CT molecular complexity index is 1310. The van der Waals surface area contributed by atoms with Crippen LogP contribution in [-0.4, -0.2) is 44.3 Å². The zero-order valence-corrected chi connectivity index (χ0v) is 22.8. The number of anilines is 1. The van der Waals surface area contributed by atoms with Gasteiger partial charge in [-0.2, -0.15) is 0 Å². The van der Waals surface area contributed by atoms with E-state index in [2.05, 4.69) is 5.32 Å². The molecule has 0 radical (unpaired) electrons. The van der Waals surface area contributed by atoms with Crippen LogP contribution in [0.5, 0.6) is 0 Å². The number of likely N-dealkylation sites (N-methyl/N-ethyl adjacent to an activating group) is 1. The molecule has 0 aliphatic carbocycles. The summed E-state index contributed by atoms with van der Waals surface area (Å²) in [6.07, 6.45) is 0.578. The molecule has 1 atom stereocenters. The molecule has 196 valence electrons. The third-order valence-corrected chi connectivity index (χ3v) is 8.06. The van der Waals surface area contributed by atoms with Gasteiger partial charge in [0, 0.05) is 18.1 Å². The summed E-state index contributed by atoms with van der Waals surface area (Å²) < 4.78 is 28.8. The number of halogens is 1. The fourth-order valence-electron chi connectivity index (χ4n) is 3.98. The molecule has 0 fully saturated rings. The Morgan fingerprint density at radius 2 is 1.54 bits per heavy atom. The molecule has 3 rings (SSSR count). The molecule has 3 aromatic rings. The van der Waals surface area contributed by atoms with Gasteiger partial charge in [-0.05, 0) is 61.7 Å². The van der Waals surface area contributed by atoms with Crippen LogP contribution < -0.4 is 9.62 Å². The summed E-state index contributed by atoms with van der Waals surface area (Å²) in [5, 5.41) is 3.30. The normalized spacial score (nSPS) is 12.0. The summed E-state index contributed by atoms with van der Waals surface area (Å²) in [6, 6.07) is 21.3. The van der Waals surface area contributed by atoms with Crippen molar-refractivity contribution in [2.24, 2.45) is 0 Å². The first-order chi connectivity index (χ1) is 17.7. The molecule has 3 aromatic carbocycles. The highest BCUT2D eigenvalue weighted by Crippen LogP contribution is 2.28. The molecular formula is C28H32ClN3O4S. The zero-order valence-electron chi connectivity index (χ0n) is 21.2. The maximum atomic E-state index is 13.8. The number of hydrogen-bond acceptors (Lipinski definition) is 4. The molecule has 0 unspecified atom stereocenters. The highest BCUT2D eigenvalue weighted by molar-refractivity contribution is 7.92. The summed E-state index contributed by atoms with van der Waals surface area (Å²) >= 11 is 6.02. The second-order valence-corrected chi connectivity index (χ2v) is 10.8. The van der Waals surface area contributed by atoms with Gasteiger partial charge in [-0.1, -0.05) is 67.1 Å². The molecule has 0 saturated carbocycles. The van der Waals surface area contributed by atoms with Gasteiger partial charge < -0.3 is 10.2 Å². The molecule has 0 aliphatic rings. The second-order valence-electron chi connectivity index (χ2n) is 8.53. The van der Waals surface area contributed by atoms with E-state index in [9.17, 15) is 18.0 Å². The minimum absolute atomic E-state index is 0.0785. The van der Waals surface area contributed by atoms with Crippen molar-refractivity contribution in [2.45, 2.75) is 44.7 Å². The van der Waals surface area contributed by atoms with E-state index in [4.69, 9.17) is 11.6 Å². The molecule has 0 bridgehead atoms. The van der Waals surface area contributed by atoms with E-state index in [1.807, 2.05) is 19.1 Å². The van der Waals surface area contributed by atoms with Gasteiger partial charge in [0.15, 0.2) is 0 Å². The van der Waals surface area contributed by atoms with Crippen LogP contribution >= 0.6 is 11.6 Å². The molecule has 9 heteroatoms. The lowest BCUT2D eigenvalue weighted by atomic mass is 10.1. The predicted octanol–water partition coefficient (Wildman–Crippen LogP) is 4.65. The number of rotatable bonds is 11.